The lowest BCUT2D eigenvalue weighted by atomic mass is 10.1. The van der Waals surface area contributed by atoms with Gasteiger partial charge in [0, 0.05) is 6.08 Å². The summed E-state index contributed by atoms with van der Waals surface area (Å²) in [6.07, 6.45) is 5.61. The van der Waals surface area contributed by atoms with Crippen molar-refractivity contribution in [2.24, 2.45) is 5.16 Å². The highest BCUT2D eigenvalue weighted by Crippen LogP contribution is 2.42. The first kappa shape index (κ1) is 14.7. The van der Waals surface area contributed by atoms with Gasteiger partial charge in [-0.3, -0.25) is 0 Å². The number of carbonyl (C=O) groups excluding carboxylic acids is 1. The second-order valence-corrected chi connectivity index (χ2v) is 4.45. The van der Waals surface area contributed by atoms with Crippen LogP contribution in [0.5, 0.6) is 17.2 Å². The molecule has 23 heavy (non-hydrogen) atoms. The number of furan rings is 1. The molecule has 1 aromatic heterocycles. The van der Waals surface area contributed by atoms with E-state index in [1.54, 1.807) is 30.3 Å². The summed E-state index contributed by atoms with van der Waals surface area (Å²) in [6, 6.07) is 6.85. The molecule has 0 radical (unpaired) electrons. The van der Waals surface area contributed by atoms with Crippen LogP contribution in [0.4, 0.5) is 0 Å². The molecule has 2 heterocycles. The van der Waals surface area contributed by atoms with Crippen molar-refractivity contribution in [1.29, 1.82) is 0 Å². The number of oxime groups is 1. The van der Waals surface area contributed by atoms with E-state index in [2.05, 4.69) is 9.99 Å². The van der Waals surface area contributed by atoms with Crippen LogP contribution in [-0.2, 0) is 9.63 Å². The van der Waals surface area contributed by atoms with Gasteiger partial charge >= 0.3 is 5.97 Å². The molecule has 3 rings (SSSR count). The van der Waals surface area contributed by atoms with Gasteiger partial charge in [-0.15, -0.1) is 0 Å². The van der Waals surface area contributed by atoms with E-state index >= 15 is 0 Å². The van der Waals surface area contributed by atoms with Gasteiger partial charge in [0.2, 0.25) is 12.5 Å². The molecule has 0 atom stereocenters. The summed E-state index contributed by atoms with van der Waals surface area (Å²) in [5.74, 6) is 1.51. The predicted molar refractivity (Wildman–Crippen MR) is 80.5 cm³/mol. The van der Waals surface area contributed by atoms with Crippen LogP contribution in [-0.4, -0.2) is 26.1 Å². The number of nitrogens with zero attached hydrogens (tertiary/aromatic N) is 1. The highest BCUT2D eigenvalue weighted by atomic mass is 16.7. The van der Waals surface area contributed by atoms with Crippen molar-refractivity contribution in [1.82, 2.24) is 0 Å². The van der Waals surface area contributed by atoms with Crippen LogP contribution in [0.3, 0.4) is 0 Å². The highest BCUT2D eigenvalue weighted by molar-refractivity contribution is 5.88. The number of methoxy groups -OCH3 is 1. The first-order valence-corrected chi connectivity index (χ1v) is 6.70. The molecule has 118 valence electrons. The topological polar surface area (TPSA) is 79.5 Å². The molecule has 0 saturated heterocycles. The van der Waals surface area contributed by atoms with E-state index in [-0.39, 0.29) is 6.79 Å². The van der Waals surface area contributed by atoms with Crippen LogP contribution in [0.2, 0.25) is 0 Å². The molecule has 7 heteroatoms. The zero-order chi connectivity index (χ0) is 16.1. The normalized spacial score (nSPS) is 12.9. The van der Waals surface area contributed by atoms with Crippen LogP contribution >= 0.6 is 0 Å². The third-order valence-electron chi connectivity index (χ3n) is 2.96. The number of benzene rings is 1. The van der Waals surface area contributed by atoms with Gasteiger partial charge in [0.25, 0.3) is 0 Å². The maximum Gasteiger partial charge on any atom is 0.358 e. The fraction of sp³-hybridized carbons (Fsp3) is 0.125. The minimum Gasteiger partial charge on any atom is -0.493 e. The zero-order valence-electron chi connectivity index (χ0n) is 12.2. The van der Waals surface area contributed by atoms with Gasteiger partial charge in [0.05, 0.1) is 13.4 Å². The van der Waals surface area contributed by atoms with Gasteiger partial charge in [-0.25, -0.2) is 4.79 Å². The summed E-state index contributed by atoms with van der Waals surface area (Å²) in [6.45, 7) is 0.141. The van der Waals surface area contributed by atoms with Crippen molar-refractivity contribution >= 4 is 18.3 Å². The Morgan fingerprint density at radius 1 is 1.35 bits per heavy atom. The molecule has 2 aromatic rings. The van der Waals surface area contributed by atoms with E-state index in [4.69, 9.17) is 18.6 Å². The molecule has 0 N–H and O–H groups in total. The van der Waals surface area contributed by atoms with Crippen LogP contribution in [0.25, 0.3) is 6.08 Å². The first-order chi connectivity index (χ1) is 11.3. The largest absolute Gasteiger partial charge is 0.493 e. The van der Waals surface area contributed by atoms with Gasteiger partial charge in [0.1, 0.15) is 12.0 Å². The standard InChI is InChI=1S/C16H13NO6/c1-19-13-7-11(8-14-16(13)22-10-21-14)4-5-15(18)23-17-9-12-3-2-6-20-12/h2-9H,10H2,1H3/b5-4+,17-9+. The van der Waals surface area contributed by atoms with Gasteiger partial charge in [-0.2, -0.15) is 0 Å². The second-order valence-electron chi connectivity index (χ2n) is 4.45. The Bertz CT molecular complexity index is 748. The van der Waals surface area contributed by atoms with Crippen LogP contribution < -0.4 is 14.2 Å². The number of fused-ring (bicyclic) bond motifs is 1. The lowest BCUT2D eigenvalue weighted by Gasteiger charge is -2.05. The molecule has 0 bridgehead atoms. The monoisotopic (exact) mass is 315 g/mol. The highest BCUT2D eigenvalue weighted by Gasteiger charge is 2.19. The Morgan fingerprint density at radius 2 is 2.26 bits per heavy atom. The fourth-order valence-electron chi connectivity index (χ4n) is 1.94. The minimum atomic E-state index is -0.621. The van der Waals surface area contributed by atoms with Gasteiger partial charge in [0.15, 0.2) is 11.5 Å². The van der Waals surface area contributed by atoms with Crippen molar-refractivity contribution in [3.63, 3.8) is 0 Å². The Labute approximate surface area is 131 Å². The van der Waals surface area contributed by atoms with E-state index in [1.165, 1.54) is 25.7 Å². The lowest BCUT2D eigenvalue weighted by Crippen LogP contribution is -1.94. The average Bonchev–Trinajstić information content (AvgIpc) is 3.23. The summed E-state index contributed by atoms with van der Waals surface area (Å²) in [5.41, 5.74) is 0.707. The van der Waals surface area contributed by atoms with E-state index < -0.39 is 5.97 Å². The van der Waals surface area contributed by atoms with Crippen LogP contribution in [0, 0.1) is 0 Å². The lowest BCUT2D eigenvalue weighted by molar-refractivity contribution is -0.137. The number of hydrogen-bond acceptors (Lipinski definition) is 7. The summed E-state index contributed by atoms with van der Waals surface area (Å²) in [5, 5.41) is 3.53. The first-order valence-electron chi connectivity index (χ1n) is 6.70. The SMILES string of the molecule is COc1cc(/C=C/C(=O)O/N=C/c2ccco2)cc2c1OCO2. The second kappa shape index (κ2) is 6.69. The molecule has 0 unspecified atom stereocenters. The van der Waals surface area contributed by atoms with Crippen molar-refractivity contribution < 1.29 is 28.3 Å². The molecule has 0 spiro atoms. The molecule has 7 nitrogen and oxygen atoms in total. The molecule has 0 saturated carbocycles. The Morgan fingerprint density at radius 3 is 3.04 bits per heavy atom. The summed E-state index contributed by atoms with van der Waals surface area (Å²) >= 11 is 0. The number of hydrogen-bond donors (Lipinski definition) is 0. The molecule has 1 aromatic carbocycles. The summed E-state index contributed by atoms with van der Waals surface area (Å²) < 4.78 is 20.8. The minimum absolute atomic E-state index is 0.141. The fourth-order valence-corrected chi connectivity index (χ4v) is 1.94. The average molecular weight is 315 g/mol. The molecule has 1 aliphatic heterocycles. The number of carbonyl (C=O) groups is 1. The van der Waals surface area contributed by atoms with Crippen molar-refractivity contribution in [2.45, 2.75) is 0 Å². The van der Waals surface area contributed by atoms with Gasteiger partial charge in [-0.05, 0) is 35.9 Å². The summed E-state index contributed by atoms with van der Waals surface area (Å²) in [7, 11) is 1.53. The number of ether oxygens (including phenoxy) is 3. The maximum absolute atomic E-state index is 11.6. The van der Waals surface area contributed by atoms with E-state index in [0.29, 0.717) is 28.6 Å². The third kappa shape index (κ3) is 3.52. The Kier molecular flexibility index (Phi) is 4.28. The molecule has 0 aliphatic carbocycles. The quantitative estimate of drug-likeness (QED) is 0.365. The van der Waals surface area contributed by atoms with E-state index in [9.17, 15) is 4.79 Å². The van der Waals surface area contributed by atoms with E-state index in [1.807, 2.05) is 0 Å². The molecule has 0 amide bonds. The van der Waals surface area contributed by atoms with E-state index in [0.717, 1.165) is 0 Å². The molecule has 0 fully saturated rings. The zero-order valence-corrected chi connectivity index (χ0v) is 12.2. The van der Waals surface area contributed by atoms with Crippen molar-refractivity contribution in [3.8, 4) is 17.2 Å². The summed E-state index contributed by atoms with van der Waals surface area (Å²) in [4.78, 5) is 16.3. The number of rotatable bonds is 5. The van der Waals surface area contributed by atoms with Gasteiger partial charge in [-0.1, -0.05) is 5.16 Å². The van der Waals surface area contributed by atoms with Crippen LogP contribution in [0.1, 0.15) is 11.3 Å². The molecular formula is C16H13NO6. The smallest absolute Gasteiger partial charge is 0.358 e. The Balaban J connectivity index is 1.64. The molecule has 1 aliphatic rings. The van der Waals surface area contributed by atoms with Crippen molar-refractivity contribution in [2.75, 3.05) is 13.9 Å². The van der Waals surface area contributed by atoms with Gasteiger partial charge < -0.3 is 23.5 Å². The molecular weight excluding hydrogens is 302 g/mol. The Hall–Kier alpha value is -3.22. The third-order valence-corrected chi connectivity index (χ3v) is 2.96. The predicted octanol–water partition coefficient (Wildman–Crippen LogP) is 2.61. The van der Waals surface area contributed by atoms with Crippen molar-refractivity contribution in [3.05, 3.63) is 47.9 Å². The maximum atomic E-state index is 11.6. The van der Waals surface area contributed by atoms with Crippen LogP contribution in [0.15, 0.2) is 46.2 Å².